The third-order valence-corrected chi connectivity index (χ3v) is 6.68. The number of nitrogens with zero attached hydrogens (tertiary/aromatic N) is 3. The van der Waals surface area contributed by atoms with Crippen LogP contribution in [-0.2, 0) is 14.6 Å². The number of hydrogen-bond acceptors (Lipinski definition) is 8. The maximum atomic E-state index is 14.4. The molecule has 1 amide bonds. The zero-order valence-corrected chi connectivity index (χ0v) is 19.9. The van der Waals surface area contributed by atoms with Gasteiger partial charge in [0.05, 0.1) is 16.5 Å². The Balaban J connectivity index is 1.66. The lowest BCUT2D eigenvalue weighted by Crippen LogP contribution is -2.50. The molecular formula is C22H29FN4O5S. The fourth-order valence-corrected chi connectivity index (χ4v) is 4.02. The lowest BCUT2D eigenvalue weighted by molar-refractivity contribution is -0.135. The number of sulfone groups is 1. The number of nitrogens with two attached hydrogens (primary N) is 1. The van der Waals surface area contributed by atoms with E-state index in [1.165, 1.54) is 18.5 Å². The number of hydrogen-bond donors (Lipinski definition) is 1. The lowest BCUT2D eigenvalue weighted by Gasteiger charge is -2.34. The first-order chi connectivity index (χ1) is 15.5. The molecule has 1 atom stereocenters. The molecule has 11 heteroatoms. The van der Waals surface area contributed by atoms with Crippen LogP contribution in [0.4, 0.5) is 4.39 Å². The molecule has 9 nitrogen and oxygen atoms in total. The first-order valence-electron chi connectivity index (χ1n) is 10.7. The highest BCUT2D eigenvalue weighted by atomic mass is 32.2. The molecule has 0 bridgehead atoms. The fourth-order valence-electron chi connectivity index (χ4n) is 3.39. The lowest BCUT2D eigenvalue weighted by atomic mass is 10.0. The van der Waals surface area contributed by atoms with Crippen LogP contribution in [0.25, 0.3) is 0 Å². The van der Waals surface area contributed by atoms with Gasteiger partial charge in [-0.2, -0.15) is 0 Å². The molecule has 0 aliphatic carbocycles. The summed E-state index contributed by atoms with van der Waals surface area (Å²) in [5.41, 5.74) is 6.46. The summed E-state index contributed by atoms with van der Waals surface area (Å²) in [4.78, 5) is 22.3. The van der Waals surface area contributed by atoms with Gasteiger partial charge >= 0.3 is 0 Å². The van der Waals surface area contributed by atoms with Gasteiger partial charge in [0.25, 0.3) is 0 Å². The number of likely N-dealkylation sites (tertiary alicyclic amines) is 1. The molecule has 2 heterocycles. The van der Waals surface area contributed by atoms with E-state index in [4.69, 9.17) is 15.2 Å². The monoisotopic (exact) mass is 480 g/mol. The average Bonchev–Trinajstić information content (AvgIpc) is 2.76. The van der Waals surface area contributed by atoms with E-state index in [1.54, 1.807) is 11.8 Å². The van der Waals surface area contributed by atoms with Crippen LogP contribution in [0.2, 0.25) is 0 Å². The van der Waals surface area contributed by atoms with Crippen LogP contribution < -0.4 is 15.2 Å². The van der Waals surface area contributed by atoms with Gasteiger partial charge < -0.3 is 20.1 Å². The van der Waals surface area contributed by atoms with Crippen molar-refractivity contribution in [2.75, 3.05) is 19.3 Å². The highest BCUT2D eigenvalue weighted by Gasteiger charge is 2.29. The van der Waals surface area contributed by atoms with Gasteiger partial charge in [-0.3, -0.25) is 4.79 Å². The molecule has 1 fully saturated rings. The summed E-state index contributed by atoms with van der Waals surface area (Å²) in [5, 5.41) is 0. The number of ether oxygens (including phenoxy) is 2. The average molecular weight is 481 g/mol. The Morgan fingerprint density at radius 3 is 2.42 bits per heavy atom. The molecular weight excluding hydrogens is 451 g/mol. The molecule has 1 unspecified atom stereocenters. The first kappa shape index (κ1) is 24.8. The van der Waals surface area contributed by atoms with Crippen LogP contribution in [0.1, 0.15) is 32.3 Å². The van der Waals surface area contributed by atoms with Gasteiger partial charge in [-0.05, 0) is 31.0 Å². The third kappa shape index (κ3) is 5.97. The SMILES string of the molecule is Cc1c(Oc2ccc(S(C)(=O)=O)cc2F)ncnc1OC1CCN(C(=O)C(N)C(C)C)CC1. The van der Waals surface area contributed by atoms with E-state index < -0.39 is 21.7 Å². The molecule has 2 N–H and O–H groups in total. The number of amides is 1. The van der Waals surface area contributed by atoms with Gasteiger partial charge in [0, 0.05) is 32.2 Å². The van der Waals surface area contributed by atoms with E-state index in [9.17, 15) is 17.6 Å². The summed E-state index contributed by atoms with van der Waals surface area (Å²) >= 11 is 0. The van der Waals surface area contributed by atoms with E-state index in [0.29, 0.717) is 37.4 Å². The van der Waals surface area contributed by atoms with E-state index in [-0.39, 0.29) is 34.5 Å². The molecule has 1 aliphatic rings. The number of benzene rings is 1. The maximum Gasteiger partial charge on any atom is 0.239 e. The predicted octanol–water partition coefficient (Wildman–Crippen LogP) is 2.47. The standard InChI is InChI=1S/C22H29FN4O5S/c1-13(2)19(24)22(28)27-9-7-15(8-10-27)31-20-14(3)21(26-12-25-20)32-18-6-5-16(11-17(18)23)33(4,29)30/h5-6,11-13,15,19H,7-10,24H2,1-4H3. The molecule has 1 aromatic carbocycles. The minimum Gasteiger partial charge on any atom is -0.474 e. The fraction of sp³-hybridized carbons (Fsp3) is 0.500. The summed E-state index contributed by atoms with van der Waals surface area (Å²) in [6.45, 7) is 6.60. The van der Waals surface area contributed by atoms with Gasteiger partial charge in [0.1, 0.15) is 12.4 Å². The first-order valence-corrected chi connectivity index (χ1v) is 12.6. The molecule has 1 saturated heterocycles. The predicted molar refractivity (Wildman–Crippen MR) is 119 cm³/mol. The molecule has 0 saturated carbocycles. The van der Waals surface area contributed by atoms with Crippen molar-refractivity contribution in [2.24, 2.45) is 11.7 Å². The third-order valence-electron chi connectivity index (χ3n) is 5.57. The second kappa shape index (κ2) is 10.0. The van der Waals surface area contributed by atoms with Crippen molar-refractivity contribution in [1.82, 2.24) is 14.9 Å². The summed E-state index contributed by atoms with van der Waals surface area (Å²) in [5.74, 6) is -0.570. The molecule has 0 radical (unpaired) electrons. The smallest absolute Gasteiger partial charge is 0.239 e. The Labute approximate surface area is 193 Å². The highest BCUT2D eigenvalue weighted by molar-refractivity contribution is 7.90. The van der Waals surface area contributed by atoms with Crippen molar-refractivity contribution in [2.45, 2.75) is 50.7 Å². The molecule has 3 rings (SSSR count). The molecule has 33 heavy (non-hydrogen) atoms. The molecule has 1 aliphatic heterocycles. The van der Waals surface area contributed by atoms with Crippen molar-refractivity contribution in [3.8, 4) is 17.5 Å². The van der Waals surface area contributed by atoms with Gasteiger partial charge in [0.15, 0.2) is 21.4 Å². The molecule has 0 spiro atoms. The van der Waals surface area contributed by atoms with Crippen LogP contribution in [0.3, 0.4) is 0 Å². The summed E-state index contributed by atoms with van der Waals surface area (Å²) in [6.07, 6.45) is 3.34. The van der Waals surface area contributed by atoms with Crippen LogP contribution in [0.5, 0.6) is 17.5 Å². The van der Waals surface area contributed by atoms with Crippen LogP contribution in [-0.4, -0.2) is 60.7 Å². The highest BCUT2D eigenvalue weighted by Crippen LogP contribution is 2.31. The Kier molecular flexibility index (Phi) is 7.53. The quantitative estimate of drug-likeness (QED) is 0.641. The minimum absolute atomic E-state index is 0.0544. The minimum atomic E-state index is -3.54. The van der Waals surface area contributed by atoms with Gasteiger partial charge in [-0.25, -0.2) is 22.8 Å². The van der Waals surface area contributed by atoms with Crippen LogP contribution in [0, 0.1) is 18.7 Å². The Morgan fingerprint density at radius 1 is 1.21 bits per heavy atom. The van der Waals surface area contributed by atoms with Crippen molar-refractivity contribution in [3.63, 3.8) is 0 Å². The Morgan fingerprint density at radius 2 is 1.85 bits per heavy atom. The second-order valence-electron chi connectivity index (χ2n) is 8.49. The summed E-state index contributed by atoms with van der Waals surface area (Å²) in [6, 6.07) is 2.89. The Bertz CT molecular complexity index is 1120. The van der Waals surface area contributed by atoms with E-state index in [0.717, 1.165) is 12.3 Å². The normalized spacial score (nSPS) is 16.0. The molecule has 2 aromatic rings. The van der Waals surface area contributed by atoms with Crippen molar-refractivity contribution >= 4 is 15.7 Å². The molecule has 1 aromatic heterocycles. The van der Waals surface area contributed by atoms with Gasteiger partial charge in [-0.15, -0.1) is 0 Å². The number of aromatic nitrogens is 2. The summed E-state index contributed by atoms with van der Waals surface area (Å²) in [7, 11) is -3.54. The zero-order chi connectivity index (χ0) is 24.3. The number of halogens is 1. The number of rotatable bonds is 7. The van der Waals surface area contributed by atoms with Crippen molar-refractivity contribution < 1.29 is 27.1 Å². The molecule has 180 valence electrons. The van der Waals surface area contributed by atoms with E-state index in [2.05, 4.69) is 9.97 Å². The van der Waals surface area contributed by atoms with Crippen LogP contribution >= 0.6 is 0 Å². The van der Waals surface area contributed by atoms with Crippen molar-refractivity contribution in [3.05, 3.63) is 35.9 Å². The largest absolute Gasteiger partial charge is 0.474 e. The number of carbonyl (C=O) groups is 1. The zero-order valence-electron chi connectivity index (χ0n) is 19.1. The number of piperidine rings is 1. The van der Waals surface area contributed by atoms with E-state index >= 15 is 0 Å². The summed E-state index contributed by atoms with van der Waals surface area (Å²) < 4.78 is 49.1. The Hall–Kier alpha value is -2.79. The second-order valence-corrected chi connectivity index (χ2v) is 10.5. The van der Waals surface area contributed by atoms with Gasteiger partial charge in [0.2, 0.25) is 17.7 Å². The van der Waals surface area contributed by atoms with Crippen molar-refractivity contribution in [1.29, 1.82) is 0 Å². The van der Waals surface area contributed by atoms with E-state index in [1.807, 2.05) is 13.8 Å². The van der Waals surface area contributed by atoms with Gasteiger partial charge in [-0.1, -0.05) is 13.8 Å². The topological polar surface area (TPSA) is 125 Å². The van der Waals surface area contributed by atoms with Crippen LogP contribution in [0.15, 0.2) is 29.4 Å². The maximum absolute atomic E-state index is 14.4. The number of carbonyl (C=O) groups excluding carboxylic acids is 1.